The zero-order chi connectivity index (χ0) is 11.3. The average molecular weight is 216 g/mol. The number of aliphatic hydroxyl groups is 1. The van der Waals surface area contributed by atoms with Gasteiger partial charge in [-0.15, -0.1) is 0 Å². The smallest absolute Gasteiger partial charge is 0.239 e. The Kier molecular flexibility index (Phi) is 5.01. The topological polar surface area (TPSA) is 75.8 Å². The number of rotatable bonds is 5. The summed E-state index contributed by atoms with van der Waals surface area (Å²) >= 11 is 0. The minimum Gasteiger partial charge on any atom is -0.391 e. The second kappa shape index (κ2) is 6.05. The van der Waals surface area contributed by atoms with E-state index in [1.165, 1.54) is 0 Å². The molecule has 0 spiro atoms. The lowest BCUT2D eigenvalue weighted by Crippen LogP contribution is -2.43. The summed E-state index contributed by atoms with van der Waals surface area (Å²) in [4.78, 5) is 13.4. The van der Waals surface area contributed by atoms with E-state index in [4.69, 9.17) is 10.5 Å². The Labute approximate surface area is 90.2 Å². The van der Waals surface area contributed by atoms with Crippen molar-refractivity contribution in [2.45, 2.75) is 31.4 Å². The van der Waals surface area contributed by atoms with Gasteiger partial charge in [-0.1, -0.05) is 0 Å². The van der Waals surface area contributed by atoms with Gasteiger partial charge in [-0.05, 0) is 19.3 Å². The summed E-state index contributed by atoms with van der Waals surface area (Å²) in [6.45, 7) is 1.68. The van der Waals surface area contributed by atoms with Crippen LogP contribution < -0.4 is 5.73 Å². The summed E-state index contributed by atoms with van der Waals surface area (Å²) in [5.41, 5.74) is 5.75. The van der Waals surface area contributed by atoms with E-state index in [1.54, 1.807) is 12.0 Å². The summed E-state index contributed by atoms with van der Waals surface area (Å²) < 4.78 is 4.89. The van der Waals surface area contributed by atoms with Gasteiger partial charge < -0.3 is 20.5 Å². The first-order valence-corrected chi connectivity index (χ1v) is 5.36. The van der Waals surface area contributed by atoms with E-state index in [2.05, 4.69) is 0 Å². The normalized spacial score (nSPS) is 23.1. The van der Waals surface area contributed by atoms with Crippen molar-refractivity contribution in [1.29, 1.82) is 0 Å². The van der Waals surface area contributed by atoms with E-state index < -0.39 is 6.04 Å². The van der Waals surface area contributed by atoms with Crippen molar-refractivity contribution in [2.75, 3.05) is 26.8 Å². The number of ether oxygens (including phenoxy) is 1. The standard InChI is InChI=1S/C10H20N2O3/c1-15-6-2-3-9(11)10(14)12-5-4-8(13)7-12/h8-9,13H,2-7,11H2,1H3/t8-,9?/m0/s1. The molecule has 1 rings (SSSR count). The molecule has 0 aromatic carbocycles. The lowest BCUT2D eigenvalue weighted by atomic mass is 10.1. The fraction of sp³-hybridized carbons (Fsp3) is 0.900. The molecule has 1 aliphatic heterocycles. The van der Waals surface area contributed by atoms with E-state index in [0.717, 1.165) is 6.42 Å². The minimum absolute atomic E-state index is 0.0531. The summed E-state index contributed by atoms with van der Waals surface area (Å²) in [5, 5.41) is 9.29. The molecular formula is C10H20N2O3. The number of carbonyl (C=O) groups is 1. The predicted molar refractivity (Wildman–Crippen MR) is 56.3 cm³/mol. The third kappa shape index (κ3) is 3.77. The van der Waals surface area contributed by atoms with Gasteiger partial charge in [-0.25, -0.2) is 0 Å². The molecule has 1 amide bonds. The molecule has 5 heteroatoms. The highest BCUT2D eigenvalue weighted by molar-refractivity contribution is 5.81. The minimum atomic E-state index is -0.453. The van der Waals surface area contributed by atoms with Gasteiger partial charge in [0.25, 0.3) is 0 Å². The number of methoxy groups -OCH3 is 1. The van der Waals surface area contributed by atoms with Gasteiger partial charge in [0.1, 0.15) is 0 Å². The number of nitrogens with zero attached hydrogens (tertiary/aromatic N) is 1. The van der Waals surface area contributed by atoms with Crippen LogP contribution in [0.15, 0.2) is 0 Å². The van der Waals surface area contributed by atoms with Gasteiger partial charge in [0.05, 0.1) is 12.1 Å². The Hall–Kier alpha value is -0.650. The fourth-order valence-electron chi connectivity index (χ4n) is 1.75. The maximum absolute atomic E-state index is 11.7. The van der Waals surface area contributed by atoms with Crippen LogP contribution in [-0.2, 0) is 9.53 Å². The maximum Gasteiger partial charge on any atom is 0.239 e. The lowest BCUT2D eigenvalue weighted by molar-refractivity contribution is -0.132. The molecule has 88 valence electrons. The highest BCUT2D eigenvalue weighted by atomic mass is 16.5. The van der Waals surface area contributed by atoms with Crippen LogP contribution in [0.3, 0.4) is 0 Å². The number of amides is 1. The zero-order valence-corrected chi connectivity index (χ0v) is 9.19. The lowest BCUT2D eigenvalue weighted by Gasteiger charge is -2.20. The Morgan fingerprint density at radius 2 is 2.47 bits per heavy atom. The van der Waals surface area contributed by atoms with Crippen LogP contribution in [0, 0.1) is 0 Å². The molecule has 5 nitrogen and oxygen atoms in total. The van der Waals surface area contributed by atoms with Crippen molar-refractivity contribution in [3.63, 3.8) is 0 Å². The molecule has 0 aromatic rings. The summed E-state index contributed by atoms with van der Waals surface area (Å²) in [6, 6.07) is -0.453. The molecule has 1 fully saturated rings. The third-order valence-electron chi connectivity index (χ3n) is 2.66. The van der Waals surface area contributed by atoms with E-state index in [9.17, 15) is 9.90 Å². The Morgan fingerprint density at radius 1 is 1.73 bits per heavy atom. The molecule has 1 saturated heterocycles. The highest BCUT2D eigenvalue weighted by Gasteiger charge is 2.27. The van der Waals surface area contributed by atoms with Crippen LogP contribution in [-0.4, -0.2) is 54.9 Å². The van der Waals surface area contributed by atoms with Gasteiger partial charge in [-0.2, -0.15) is 0 Å². The van der Waals surface area contributed by atoms with Crippen molar-refractivity contribution >= 4 is 5.91 Å². The van der Waals surface area contributed by atoms with Gasteiger partial charge in [0.15, 0.2) is 0 Å². The zero-order valence-electron chi connectivity index (χ0n) is 9.19. The van der Waals surface area contributed by atoms with Crippen molar-refractivity contribution in [1.82, 2.24) is 4.90 Å². The molecule has 0 aromatic heterocycles. The number of carbonyl (C=O) groups excluding carboxylic acids is 1. The molecule has 0 aliphatic carbocycles. The largest absolute Gasteiger partial charge is 0.391 e. The fourth-order valence-corrected chi connectivity index (χ4v) is 1.75. The second-order valence-corrected chi connectivity index (χ2v) is 3.97. The molecule has 1 heterocycles. The van der Waals surface area contributed by atoms with Gasteiger partial charge in [-0.3, -0.25) is 4.79 Å². The van der Waals surface area contributed by atoms with Crippen LogP contribution in [0.2, 0.25) is 0 Å². The number of β-amino-alcohol motifs (C(OH)–C–C–N with tert-alkyl or cyclic N) is 1. The molecular weight excluding hydrogens is 196 g/mol. The Bertz CT molecular complexity index is 211. The first-order valence-electron chi connectivity index (χ1n) is 5.36. The quantitative estimate of drug-likeness (QED) is 0.598. The van der Waals surface area contributed by atoms with E-state index in [-0.39, 0.29) is 12.0 Å². The molecule has 15 heavy (non-hydrogen) atoms. The maximum atomic E-state index is 11.7. The first kappa shape index (κ1) is 12.4. The van der Waals surface area contributed by atoms with Crippen LogP contribution in [0.5, 0.6) is 0 Å². The van der Waals surface area contributed by atoms with Crippen molar-refractivity contribution < 1.29 is 14.6 Å². The number of aliphatic hydroxyl groups excluding tert-OH is 1. The molecule has 0 radical (unpaired) electrons. The summed E-state index contributed by atoms with van der Waals surface area (Å²) in [6.07, 6.45) is 1.72. The Morgan fingerprint density at radius 3 is 3.00 bits per heavy atom. The summed E-state index contributed by atoms with van der Waals surface area (Å²) in [5.74, 6) is -0.0531. The van der Waals surface area contributed by atoms with E-state index in [0.29, 0.717) is 32.5 Å². The van der Waals surface area contributed by atoms with Crippen LogP contribution >= 0.6 is 0 Å². The monoisotopic (exact) mass is 216 g/mol. The van der Waals surface area contributed by atoms with Crippen LogP contribution in [0.4, 0.5) is 0 Å². The van der Waals surface area contributed by atoms with Crippen molar-refractivity contribution in [3.05, 3.63) is 0 Å². The van der Waals surface area contributed by atoms with E-state index in [1.807, 2.05) is 0 Å². The predicted octanol–water partition coefficient (Wildman–Crippen LogP) is -0.666. The third-order valence-corrected chi connectivity index (χ3v) is 2.66. The van der Waals surface area contributed by atoms with Crippen molar-refractivity contribution in [3.8, 4) is 0 Å². The Balaban J connectivity index is 2.26. The second-order valence-electron chi connectivity index (χ2n) is 3.97. The molecule has 1 aliphatic rings. The van der Waals surface area contributed by atoms with E-state index >= 15 is 0 Å². The molecule has 2 atom stereocenters. The average Bonchev–Trinajstić information content (AvgIpc) is 2.64. The molecule has 0 saturated carbocycles. The van der Waals surface area contributed by atoms with Gasteiger partial charge in [0.2, 0.25) is 5.91 Å². The number of hydrogen-bond acceptors (Lipinski definition) is 4. The number of nitrogens with two attached hydrogens (primary N) is 1. The molecule has 1 unspecified atom stereocenters. The summed E-state index contributed by atoms with van der Waals surface area (Å²) in [7, 11) is 1.63. The SMILES string of the molecule is COCCCC(N)C(=O)N1CC[C@H](O)C1. The van der Waals surface area contributed by atoms with Crippen LogP contribution in [0.1, 0.15) is 19.3 Å². The van der Waals surface area contributed by atoms with Gasteiger partial charge in [0, 0.05) is 26.8 Å². The highest BCUT2D eigenvalue weighted by Crippen LogP contribution is 2.11. The number of hydrogen-bond donors (Lipinski definition) is 2. The first-order chi connectivity index (χ1) is 7.15. The molecule has 3 N–H and O–H groups in total. The van der Waals surface area contributed by atoms with Crippen molar-refractivity contribution in [2.24, 2.45) is 5.73 Å². The van der Waals surface area contributed by atoms with Gasteiger partial charge >= 0.3 is 0 Å². The molecule has 0 bridgehead atoms. The van der Waals surface area contributed by atoms with Crippen LogP contribution in [0.25, 0.3) is 0 Å². The number of likely N-dealkylation sites (tertiary alicyclic amines) is 1.